The van der Waals surface area contributed by atoms with Crippen molar-refractivity contribution in [3.63, 3.8) is 0 Å². The number of nitrogens with one attached hydrogen (secondary N) is 2. The third kappa shape index (κ3) is 6.39. The van der Waals surface area contributed by atoms with Crippen LogP contribution in [-0.2, 0) is 16.0 Å². The maximum Gasteiger partial charge on any atom is 0.193 e. The Kier molecular flexibility index (Phi) is 8.93. The van der Waals surface area contributed by atoms with Crippen molar-refractivity contribution in [3.05, 3.63) is 23.5 Å². The first-order valence-electron chi connectivity index (χ1n) is 8.47. The maximum atomic E-state index is 5.76. The Labute approximate surface area is 169 Å². The van der Waals surface area contributed by atoms with E-state index in [1.807, 2.05) is 22.2 Å². The van der Waals surface area contributed by atoms with E-state index < -0.39 is 0 Å². The minimum absolute atomic E-state index is 0. The molecule has 0 amide bonds. The number of thiazole rings is 1. The van der Waals surface area contributed by atoms with Gasteiger partial charge in [-0.1, -0.05) is 0 Å². The SMILES string of the molecule is CCNC(=NCc1cn2ccsc2n1)NCCCOC1CCOC1.I. The third-order valence-corrected chi connectivity index (χ3v) is 4.51. The first kappa shape index (κ1) is 20.4. The standard InChI is InChI=1S/C16H25N5O2S.HI/c1-2-17-15(18-5-3-7-23-14-4-8-22-12-14)19-10-13-11-21-6-9-24-16(21)20-13;/h6,9,11,14H,2-5,7-8,10,12H2,1H3,(H2,17,18,19);1H. The largest absolute Gasteiger partial charge is 0.379 e. The summed E-state index contributed by atoms with van der Waals surface area (Å²) in [5.41, 5.74) is 0.976. The van der Waals surface area contributed by atoms with E-state index in [2.05, 4.69) is 27.5 Å². The van der Waals surface area contributed by atoms with Gasteiger partial charge < -0.3 is 20.1 Å². The van der Waals surface area contributed by atoms with Crippen molar-refractivity contribution in [1.82, 2.24) is 20.0 Å². The van der Waals surface area contributed by atoms with Crippen LogP contribution in [0.15, 0.2) is 22.8 Å². The van der Waals surface area contributed by atoms with Crippen molar-refractivity contribution >= 4 is 46.2 Å². The van der Waals surface area contributed by atoms with Gasteiger partial charge in [-0.2, -0.15) is 0 Å². The van der Waals surface area contributed by atoms with E-state index in [-0.39, 0.29) is 30.1 Å². The fraction of sp³-hybridized carbons (Fsp3) is 0.625. The molecule has 2 aromatic heterocycles. The summed E-state index contributed by atoms with van der Waals surface area (Å²) in [5, 5.41) is 8.63. The van der Waals surface area contributed by atoms with E-state index in [0.29, 0.717) is 6.54 Å². The van der Waals surface area contributed by atoms with Gasteiger partial charge in [0.2, 0.25) is 0 Å². The van der Waals surface area contributed by atoms with Crippen molar-refractivity contribution in [2.24, 2.45) is 4.99 Å². The van der Waals surface area contributed by atoms with Crippen LogP contribution < -0.4 is 10.6 Å². The van der Waals surface area contributed by atoms with Gasteiger partial charge in [0.1, 0.15) is 0 Å². The molecule has 1 unspecified atom stereocenters. The monoisotopic (exact) mass is 479 g/mol. The Morgan fingerprint density at radius 3 is 3.20 bits per heavy atom. The van der Waals surface area contributed by atoms with Crippen LogP contribution in [0.1, 0.15) is 25.5 Å². The summed E-state index contributed by atoms with van der Waals surface area (Å²) in [6.07, 6.45) is 6.28. The molecule has 3 rings (SSSR count). The highest BCUT2D eigenvalue weighted by Gasteiger charge is 2.15. The second-order valence-corrected chi connectivity index (χ2v) is 6.53. The fourth-order valence-electron chi connectivity index (χ4n) is 2.53. The van der Waals surface area contributed by atoms with Gasteiger partial charge in [0.25, 0.3) is 0 Å². The fourth-order valence-corrected chi connectivity index (χ4v) is 3.25. The number of nitrogens with zero attached hydrogens (tertiary/aromatic N) is 3. The van der Waals surface area contributed by atoms with Crippen LogP contribution in [0.5, 0.6) is 0 Å². The molecule has 1 aliphatic rings. The molecule has 9 heteroatoms. The van der Waals surface area contributed by atoms with Crippen LogP contribution in [0.4, 0.5) is 0 Å². The zero-order valence-electron chi connectivity index (χ0n) is 14.4. The van der Waals surface area contributed by atoms with Gasteiger partial charge in [-0.15, -0.1) is 35.3 Å². The minimum Gasteiger partial charge on any atom is -0.379 e. The number of imidazole rings is 1. The zero-order valence-corrected chi connectivity index (χ0v) is 17.6. The number of aromatic nitrogens is 2. The summed E-state index contributed by atoms with van der Waals surface area (Å²) in [6.45, 7) is 6.60. The number of hydrogen-bond donors (Lipinski definition) is 2. The van der Waals surface area contributed by atoms with Crippen molar-refractivity contribution in [1.29, 1.82) is 0 Å². The molecule has 1 aliphatic heterocycles. The van der Waals surface area contributed by atoms with Crippen LogP contribution in [-0.4, -0.2) is 54.4 Å². The lowest BCUT2D eigenvalue weighted by Gasteiger charge is -2.12. The van der Waals surface area contributed by atoms with Crippen LogP contribution in [0, 0.1) is 0 Å². The summed E-state index contributed by atoms with van der Waals surface area (Å²) >= 11 is 1.63. The van der Waals surface area contributed by atoms with Gasteiger partial charge >= 0.3 is 0 Å². The predicted molar refractivity (Wildman–Crippen MR) is 111 cm³/mol. The lowest BCUT2D eigenvalue weighted by atomic mass is 10.3. The second-order valence-electron chi connectivity index (χ2n) is 5.66. The quantitative estimate of drug-likeness (QED) is 0.263. The summed E-state index contributed by atoms with van der Waals surface area (Å²) in [5.74, 6) is 0.818. The summed E-state index contributed by atoms with van der Waals surface area (Å²) < 4.78 is 13.1. The normalized spacial score (nSPS) is 17.6. The molecule has 0 spiro atoms. The lowest BCUT2D eigenvalue weighted by molar-refractivity contribution is 0.0420. The average Bonchev–Trinajstić information content (AvgIpc) is 3.29. The van der Waals surface area contributed by atoms with Crippen LogP contribution in [0.2, 0.25) is 0 Å². The Morgan fingerprint density at radius 1 is 1.52 bits per heavy atom. The van der Waals surface area contributed by atoms with Gasteiger partial charge in [-0.3, -0.25) is 4.40 Å². The van der Waals surface area contributed by atoms with Gasteiger partial charge in [0, 0.05) is 44.1 Å². The van der Waals surface area contributed by atoms with Crippen LogP contribution >= 0.6 is 35.3 Å². The summed E-state index contributed by atoms with van der Waals surface area (Å²) in [4.78, 5) is 10.1. The molecule has 0 radical (unpaired) electrons. The van der Waals surface area contributed by atoms with Crippen molar-refractivity contribution < 1.29 is 9.47 Å². The van der Waals surface area contributed by atoms with Gasteiger partial charge in [-0.05, 0) is 19.8 Å². The molecule has 1 saturated heterocycles. The minimum atomic E-state index is 0. The Balaban J connectivity index is 0.00000225. The Morgan fingerprint density at radius 2 is 2.44 bits per heavy atom. The molecule has 140 valence electrons. The van der Waals surface area contributed by atoms with Crippen molar-refractivity contribution in [2.75, 3.05) is 32.9 Å². The van der Waals surface area contributed by atoms with Crippen LogP contribution in [0.3, 0.4) is 0 Å². The lowest BCUT2D eigenvalue weighted by Crippen LogP contribution is -2.38. The van der Waals surface area contributed by atoms with Gasteiger partial charge in [-0.25, -0.2) is 9.98 Å². The highest BCUT2D eigenvalue weighted by Crippen LogP contribution is 2.11. The molecular weight excluding hydrogens is 453 g/mol. The Hall–Kier alpha value is -0.910. The van der Waals surface area contributed by atoms with Crippen molar-refractivity contribution in [2.45, 2.75) is 32.4 Å². The van der Waals surface area contributed by atoms with E-state index in [9.17, 15) is 0 Å². The van der Waals surface area contributed by atoms with E-state index in [1.165, 1.54) is 0 Å². The molecule has 0 saturated carbocycles. The number of aliphatic imine (C=N–C) groups is 1. The van der Waals surface area contributed by atoms with Crippen LogP contribution in [0.25, 0.3) is 4.96 Å². The first-order chi connectivity index (χ1) is 11.8. The molecule has 1 fully saturated rings. The number of fused-ring (bicyclic) bond motifs is 1. The molecular formula is C16H26IN5O2S. The van der Waals surface area contributed by atoms with Gasteiger partial charge in [0.15, 0.2) is 10.9 Å². The van der Waals surface area contributed by atoms with E-state index in [0.717, 1.165) is 62.4 Å². The number of guanidine groups is 1. The maximum absolute atomic E-state index is 5.76. The summed E-state index contributed by atoms with van der Waals surface area (Å²) in [7, 11) is 0. The average molecular weight is 479 g/mol. The zero-order chi connectivity index (χ0) is 16.6. The Bertz CT molecular complexity index is 625. The third-order valence-electron chi connectivity index (χ3n) is 3.74. The molecule has 0 aliphatic carbocycles. The predicted octanol–water partition coefficient (Wildman–Crippen LogP) is 2.26. The second kappa shape index (κ2) is 10.9. The molecule has 0 aromatic carbocycles. The molecule has 1 atom stereocenters. The molecule has 7 nitrogen and oxygen atoms in total. The molecule has 2 aromatic rings. The first-order valence-corrected chi connectivity index (χ1v) is 9.35. The number of rotatable bonds is 8. The molecule has 0 bridgehead atoms. The highest BCUT2D eigenvalue weighted by molar-refractivity contribution is 14.0. The van der Waals surface area contributed by atoms with E-state index in [4.69, 9.17) is 9.47 Å². The topological polar surface area (TPSA) is 72.2 Å². The van der Waals surface area contributed by atoms with Crippen molar-refractivity contribution in [3.8, 4) is 0 Å². The molecule has 3 heterocycles. The molecule has 25 heavy (non-hydrogen) atoms. The molecule has 2 N–H and O–H groups in total. The smallest absolute Gasteiger partial charge is 0.193 e. The number of halogens is 1. The number of ether oxygens (including phenoxy) is 2. The van der Waals surface area contributed by atoms with Gasteiger partial charge in [0.05, 0.1) is 24.9 Å². The highest BCUT2D eigenvalue weighted by atomic mass is 127. The van der Waals surface area contributed by atoms with E-state index >= 15 is 0 Å². The summed E-state index contributed by atoms with van der Waals surface area (Å²) in [6, 6.07) is 0. The number of hydrogen-bond acceptors (Lipinski definition) is 5. The van der Waals surface area contributed by atoms with E-state index in [1.54, 1.807) is 11.3 Å².